The fourth-order valence-electron chi connectivity index (χ4n) is 19.3. The monoisotopic (exact) mass is 2040 g/mol. The first-order chi connectivity index (χ1) is 70.4. The number of nitrogens with one attached hydrogen (secondary N) is 1. The Labute approximate surface area is 848 Å². The molecule has 5 aliphatic rings. The zero-order chi connectivity index (χ0) is 105. The molecule has 2 unspecified atom stereocenters. The number of alkyl halides is 10. The number of aromatic amines is 1. The van der Waals surface area contributed by atoms with E-state index in [-0.39, 0.29) is 55.2 Å². The number of halogens is 10. The lowest BCUT2D eigenvalue weighted by Gasteiger charge is -2.37. The molecule has 6 atom stereocenters. The molecule has 0 bridgehead atoms. The molecule has 0 aliphatic carbocycles. The molecule has 5 aliphatic heterocycles. The Bertz CT molecular complexity index is 7140. The maximum absolute atomic E-state index is 13.4. The lowest BCUT2D eigenvalue weighted by Crippen LogP contribution is -2.51. The van der Waals surface area contributed by atoms with Crippen molar-refractivity contribution >= 4 is 83.4 Å². The molecule has 0 spiro atoms. The summed E-state index contributed by atoms with van der Waals surface area (Å²) in [6, 6.07) is 38.8. The van der Waals surface area contributed by atoms with Crippen molar-refractivity contribution in [2.45, 2.75) is 176 Å². The van der Waals surface area contributed by atoms with Crippen molar-refractivity contribution < 1.29 is 86.8 Å². The zero-order valence-corrected chi connectivity index (χ0v) is 84.5. The summed E-state index contributed by atoms with van der Waals surface area (Å²) in [5.41, 5.74) is 19.2. The predicted octanol–water partition coefficient (Wildman–Crippen LogP) is 19.4. The minimum absolute atomic E-state index is 0.0300. The largest absolute Gasteiger partial charge is 0.415 e. The van der Waals surface area contributed by atoms with Crippen LogP contribution in [0.5, 0.6) is 0 Å². The van der Waals surface area contributed by atoms with Crippen LogP contribution < -0.4 is 0 Å². The van der Waals surface area contributed by atoms with Gasteiger partial charge in [-0.3, -0.25) is 72.3 Å². The minimum atomic E-state index is -4.40. The van der Waals surface area contributed by atoms with Gasteiger partial charge in [-0.1, -0.05) is 74.5 Å². The highest BCUT2D eigenvalue weighted by Crippen LogP contribution is 2.40. The number of rotatable bonds is 22. The number of piperidine rings is 1. The molecule has 0 saturated carbocycles. The van der Waals surface area contributed by atoms with Crippen molar-refractivity contribution in [3.63, 3.8) is 0 Å². The van der Waals surface area contributed by atoms with Gasteiger partial charge in [-0.25, -0.2) is 29.3 Å². The van der Waals surface area contributed by atoms with E-state index in [1.807, 2.05) is 132 Å². The Morgan fingerprint density at radius 2 is 0.703 bits per heavy atom. The molecule has 20 rings (SSSR count). The average molecular weight is 2040 g/mol. The summed E-state index contributed by atoms with van der Waals surface area (Å²) in [5, 5.41) is 28.3. The van der Waals surface area contributed by atoms with Crippen LogP contribution in [0.3, 0.4) is 0 Å². The van der Waals surface area contributed by atoms with Gasteiger partial charge < -0.3 is 18.9 Å². The van der Waals surface area contributed by atoms with E-state index in [0.29, 0.717) is 109 Å². The maximum Gasteiger partial charge on any atom is 0.415 e. The average Bonchev–Trinajstić information content (AvgIpc) is 1.40. The molecule has 148 heavy (non-hydrogen) atoms. The zero-order valence-electron chi connectivity index (χ0n) is 84.5. The lowest BCUT2D eigenvalue weighted by molar-refractivity contribution is -0.252. The van der Waals surface area contributed by atoms with Crippen LogP contribution in [0.2, 0.25) is 0 Å². The minimum Gasteiger partial charge on any atom is -0.378 e. The summed E-state index contributed by atoms with van der Waals surface area (Å²) in [5.74, 6) is 0.0656. The number of hydrogen-bond donors (Lipinski definition) is 1. The van der Waals surface area contributed by atoms with Gasteiger partial charge in [0.15, 0.2) is 47.2 Å². The number of morpholine rings is 4. The Morgan fingerprint density at radius 1 is 0.385 bits per heavy atom. The van der Waals surface area contributed by atoms with Crippen molar-refractivity contribution in [2.24, 2.45) is 34.1 Å². The number of carbonyl (C=O) groups is 5. The van der Waals surface area contributed by atoms with E-state index in [1.165, 1.54) is 33.3 Å². The maximum atomic E-state index is 13.4. The molecular weight excluding hydrogens is 1920 g/mol. The van der Waals surface area contributed by atoms with Crippen molar-refractivity contribution in [2.75, 3.05) is 78.7 Å². The number of aryl methyl sites for hydroxylation is 4. The van der Waals surface area contributed by atoms with Gasteiger partial charge in [-0.15, -0.1) is 0 Å². The van der Waals surface area contributed by atoms with Gasteiger partial charge in [0.05, 0.1) is 90.6 Å². The van der Waals surface area contributed by atoms with Crippen molar-refractivity contribution in [3.05, 3.63) is 240 Å². The number of benzene rings is 5. The van der Waals surface area contributed by atoms with E-state index in [4.69, 9.17) is 18.9 Å². The number of ether oxygens (including phenoxy) is 4. The normalized spacial score (nSPS) is 18.6. The fourth-order valence-corrected chi connectivity index (χ4v) is 19.3. The van der Waals surface area contributed by atoms with Crippen molar-refractivity contribution in [1.29, 1.82) is 0 Å². The number of ketones is 5. The van der Waals surface area contributed by atoms with Crippen LogP contribution in [-0.2, 0) is 79.9 Å². The van der Waals surface area contributed by atoms with E-state index >= 15 is 0 Å². The molecule has 0 amide bonds. The summed E-state index contributed by atoms with van der Waals surface area (Å²) < 4.78 is 159. The molecule has 778 valence electrons. The summed E-state index contributed by atoms with van der Waals surface area (Å²) in [6.45, 7) is 22.6. The Balaban J connectivity index is 0.000000132. The highest BCUT2D eigenvalue weighted by Gasteiger charge is 2.47. The van der Waals surface area contributed by atoms with E-state index in [2.05, 4.69) is 109 Å². The van der Waals surface area contributed by atoms with Crippen LogP contribution in [0.1, 0.15) is 162 Å². The summed E-state index contributed by atoms with van der Waals surface area (Å²) in [4.78, 5) is 92.8. The van der Waals surface area contributed by atoms with Crippen LogP contribution in [0.4, 0.5) is 43.9 Å². The number of Topliss-reactive ketones (excluding diaryl/α,β-unsaturated/α-hetero) is 5. The van der Waals surface area contributed by atoms with Gasteiger partial charge in [0.1, 0.15) is 34.6 Å². The van der Waals surface area contributed by atoms with Gasteiger partial charge in [-0.05, 0) is 155 Å². The van der Waals surface area contributed by atoms with Gasteiger partial charge >= 0.3 is 18.5 Å². The molecule has 0 radical (unpaired) electrons. The molecule has 10 aromatic heterocycles. The molecular formula is C109H118F10N20O9. The third kappa shape index (κ3) is 27.0. The van der Waals surface area contributed by atoms with Crippen LogP contribution in [0, 0.1) is 5.92 Å². The second-order valence-electron chi connectivity index (χ2n) is 39.2. The summed E-state index contributed by atoms with van der Waals surface area (Å²) in [6.07, 6.45) is 0.210. The standard InChI is InChI=1S/C24H30N4O2.2C22H23F3N4O2.C21H23FN4O.C20H19F3N4O2/c1-16(2)9-20-15-30-8-7-28(20)13-18-5-6-21-22(19-12-25-27(4)14-19)11-23(17(3)29)26-24(21)10-18;2*1-13-9-29(12-21(31-13)22(23,24)25)10-15-4-5-17-18(16-8-26-28(3)11-16)7-19(14(2)30)27-20(17)6-15;1-14(27)20-10-19(16-11-23-25(2)13-16)18-4-3-15(9-21(18)24-20)12-26-7-5-17(22)6-8-26;1-12(28)17-7-16(14-8-24-25-9-14)15-3-2-13(6-18(15)26-17)10-27-4-5-29-19(11-27)20(21,22)23/h5-6,10-12,14,16,20H,7-9,13,15H2,1-4H3;2*4-8,11,13,21H,9-10,12H2,1-3H3;3-4,9-11,13,17H,5-8,12H2,1-2H3;2-3,6-9,19H,4-5,10-11H2,1H3,(H,24,25)/t;13-,21+;13-,21-;;/m.10../s1. The second kappa shape index (κ2) is 46.1. The Morgan fingerprint density at radius 3 is 1.01 bits per heavy atom. The lowest BCUT2D eigenvalue weighted by atomic mass is 9.99. The first-order valence-corrected chi connectivity index (χ1v) is 49.1. The van der Waals surface area contributed by atoms with Crippen LogP contribution >= 0.6 is 0 Å². The van der Waals surface area contributed by atoms with E-state index < -0.39 is 55.2 Å². The summed E-state index contributed by atoms with van der Waals surface area (Å²) in [7, 11) is 7.40. The first kappa shape index (κ1) is 107. The smallest absolute Gasteiger partial charge is 0.378 e. The number of hydrogen-bond acceptors (Lipinski definition) is 24. The molecule has 15 heterocycles. The first-order valence-electron chi connectivity index (χ1n) is 49.1. The van der Waals surface area contributed by atoms with Gasteiger partial charge in [-0.2, -0.15) is 65.0 Å². The predicted molar refractivity (Wildman–Crippen MR) is 541 cm³/mol. The van der Waals surface area contributed by atoms with Crippen molar-refractivity contribution in [1.82, 2.24) is 98.7 Å². The van der Waals surface area contributed by atoms with Crippen LogP contribution in [-0.4, -0.2) is 268 Å². The van der Waals surface area contributed by atoms with Gasteiger partial charge in [0.25, 0.3) is 0 Å². The molecule has 1 N–H and O–H groups in total. The Kier molecular flexibility index (Phi) is 33.4. The third-order valence-electron chi connectivity index (χ3n) is 26.6. The highest BCUT2D eigenvalue weighted by molar-refractivity contribution is 6.06. The molecule has 29 nitrogen and oxygen atoms in total. The van der Waals surface area contributed by atoms with E-state index in [1.54, 1.807) is 103 Å². The van der Waals surface area contributed by atoms with Gasteiger partial charge in [0, 0.05) is 246 Å². The molecule has 15 aromatic rings. The van der Waals surface area contributed by atoms with Crippen LogP contribution in [0.15, 0.2) is 183 Å². The number of nitrogens with zero attached hydrogens (tertiary/aromatic N) is 19. The topological polar surface area (TPSA) is 303 Å². The molecule has 5 aromatic carbocycles. The van der Waals surface area contributed by atoms with Crippen LogP contribution in [0.25, 0.3) is 110 Å². The number of aromatic nitrogens is 15. The number of fused-ring (bicyclic) bond motifs is 5. The summed E-state index contributed by atoms with van der Waals surface area (Å²) >= 11 is 0. The third-order valence-corrected chi connectivity index (χ3v) is 26.6. The van der Waals surface area contributed by atoms with E-state index in [0.717, 1.165) is 168 Å². The number of pyridine rings is 5. The fraction of sp³-hybridized carbons (Fsp3) is 0.404. The SMILES string of the molecule is CC(=O)c1cc(-c2cn[nH]c2)c2ccc(CN3CCOC(C(F)(F)F)C3)cc2n1.CC(=O)c1cc(-c2cnn(C)c2)c2ccc(CN3CCC(F)CC3)cc2n1.CC(=O)c1cc(-c2cnn(C)c2)c2ccc(CN3CCOCC3CC(C)C)cc2n1.CC(=O)c1cc(-c2cnn(C)c2)c2ccc(CN3C[C@@H](C(F)(F)F)O[C@@H](C)C3)cc2n1.CC(=O)c1cc(-c2cnn(C)c2)c2ccc(CN3C[C@@H](C)O[C@H](C(F)(F)F)C3)cc2n1. The molecule has 5 fully saturated rings. The Hall–Kier alpha value is -13.5. The van der Waals surface area contributed by atoms with Crippen molar-refractivity contribution in [3.8, 4) is 55.6 Å². The molecule has 5 saturated heterocycles. The highest BCUT2D eigenvalue weighted by atomic mass is 19.4. The molecule has 39 heteroatoms. The van der Waals surface area contributed by atoms with E-state index in [9.17, 15) is 67.9 Å². The number of carbonyl (C=O) groups excluding carboxylic acids is 5. The second-order valence-corrected chi connectivity index (χ2v) is 39.2. The number of H-pyrrole nitrogens is 1. The van der Waals surface area contributed by atoms with Gasteiger partial charge in [0.2, 0.25) is 0 Å². The quantitative estimate of drug-likeness (QED) is 0.0487. The number of likely N-dealkylation sites (tertiary alicyclic amines) is 1.